The van der Waals surface area contributed by atoms with Crippen LogP contribution in [0, 0.1) is 0 Å². The number of halogens is 1. The van der Waals surface area contributed by atoms with E-state index in [1.165, 1.54) is 29.7 Å². The van der Waals surface area contributed by atoms with Crippen LogP contribution in [0.3, 0.4) is 0 Å². The van der Waals surface area contributed by atoms with Crippen LogP contribution in [0.15, 0.2) is 34.8 Å². The zero-order valence-electron chi connectivity index (χ0n) is 10.2. The van der Waals surface area contributed by atoms with E-state index in [2.05, 4.69) is 51.6 Å². The molecule has 0 spiro atoms. The maximum Gasteiger partial charge on any atom is 0.0303 e. The van der Waals surface area contributed by atoms with Crippen molar-refractivity contribution in [2.24, 2.45) is 0 Å². The third kappa shape index (κ3) is 2.85. The minimum atomic E-state index is 0.933. The molecule has 1 heterocycles. The summed E-state index contributed by atoms with van der Waals surface area (Å²) in [5, 5.41) is 3.52. The van der Waals surface area contributed by atoms with Crippen LogP contribution in [0.2, 0.25) is 0 Å². The van der Waals surface area contributed by atoms with E-state index in [-0.39, 0.29) is 0 Å². The van der Waals surface area contributed by atoms with Crippen LogP contribution in [-0.4, -0.2) is 0 Å². The highest BCUT2D eigenvalue weighted by molar-refractivity contribution is 9.10. The van der Waals surface area contributed by atoms with Gasteiger partial charge in [-0.2, -0.15) is 0 Å². The molecule has 0 atom stereocenters. The molecule has 1 aromatic heterocycles. The molecule has 18 heavy (non-hydrogen) atoms. The monoisotopic (exact) mass is 321 g/mol. The van der Waals surface area contributed by atoms with E-state index in [1.54, 1.807) is 10.4 Å². The van der Waals surface area contributed by atoms with E-state index in [0.29, 0.717) is 0 Å². The summed E-state index contributed by atoms with van der Waals surface area (Å²) in [6.45, 7) is 1.92. The Balaban J connectivity index is 1.55. The third-order valence-corrected chi connectivity index (χ3v) is 5.05. The van der Waals surface area contributed by atoms with Gasteiger partial charge in [0.25, 0.3) is 0 Å². The fourth-order valence-electron chi connectivity index (χ4n) is 2.45. The second-order valence-corrected chi connectivity index (χ2v) is 6.89. The zero-order chi connectivity index (χ0) is 12.4. The highest BCUT2D eigenvalue weighted by Crippen LogP contribution is 2.30. The molecule has 0 unspecified atom stereocenters. The first-order valence-electron chi connectivity index (χ1n) is 6.37. The van der Waals surface area contributed by atoms with Crippen molar-refractivity contribution in [3.05, 3.63) is 55.7 Å². The van der Waals surface area contributed by atoms with E-state index in [1.807, 2.05) is 11.3 Å². The van der Waals surface area contributed by atoms with E-state index in [9.17, 15) is 0 Å². The minimum absolute atomic E-state index is 0.933. The van der Waals surface area contributed by atoms with Crippen molar-refractivity contribution in [2.75, 3.05) is 0 Å². The van der Waals surface area contributed by atoms with E-state index in [0.717, 1.165) is 17.6 Å². The number of thiophene rings is 1. The Labute approximate surface area is 120 Å². The summed E-state index contributed by atoms with van der Waals surface area (Å²) in [7, 11) is 0. The highest BCUT2D eigenvalue weighted by Gasteiger charge is 2.14. The maximum absolute atomic E-state index is 3.52. The summed E-state index contributed by atoms with van der Waals surface area (Å²) in [5.41, 5.74) is 2.92. The van der Waals surface area contributed by atoms with Crippen molar-refractivity contribution in [2.45, 2.75) is 32.4 Å². The average molecular weight is 322 g/mol. The van der Waals surface area contributed by atoms with Crippen LogP contribution in [0.5, 0.6) is 0 Å². The molecule has 1 N–H and O–H groups in total. The lowest BCUT2D eigenvalue weighted by molar-refractivity contribution is 0.700. The van der Waals surface area contributed by atoms with Gasteiger partial charge in [-0.15, -0.1) is 11.3 Å². The second kappa shape index (κ2) is 5.55. The van der Waals surface area contributed by atoms with Gasteiger partial charge in [0.2, 0.25) is 0 Å². The normalized spacial score (nSPS) is 13.8. The van der Waals surface area contributed by atoms with Crippen molar-refractivity contribution in [1.82, 2.24) is 5.32 Å². The molecule has 3 heteroatoms. The first-order valence-corrected chi connectivity index (χ1v) is 7.98. The Morgan fingerprint density at radius 1 is 1.17 bits per heavy atom. The van der Waals surface area contributed by atoms with E-state index >= 15 is 0 Å². The molecular weight excluding hydrogens is 306 g/mol. The average Bonchev–Trinajstić information content (AvgIpc) is 2.89. The SMILES string of the molecule is Brc1cccc(CNCc2cc3c(s2)CCC3)c1. The molecule has 2 aromatic rings. The fraction of sp³-hybridized carbons (Fsp3) is 0.333. The molecule has 0 bridgehead atoms. The topological polar surface area (TPSA) is 12.0 Å². The van der Waals surface area contributed by atoms with Gasteiger partial charge < -0.3 is 5.32 Å². The molecule has 0 radical (unpaired) electrons. The lowest BCUT2D eigenvalue weighted by Gasteiger charge is -2.04. The van der Waals surface area contributed by atoms with Crippen molar-refractivity contribution in [1.29, 1.82) is 0 Å². The number of aryl methyl sites for hydroxylation is 2. The van der Waals surface area contributed by atoms with Gasteiger partial charge in [0.15, 0.2) is 0 Å². The molecular formula is C15H16BrNS. The fourth-order valence-corrected chi connectivity index (χ4v) is 4.13. The third-order valence-electron chi connectivity index (χ3n) is 3.32. The van der Waals surface area contributed by atoms with Gasteiger partial charge in [0.1, 0.15) is 0 Å². The Bertz CT molecular complexity index is 526. The van der Waals surface area contributed by atoms with Crippen LogP contribution in [0.1, 0.15) is 27.3 Å². The molecule has 1 aliphatic carbocycles. The van der Waals surface area contributed by atoms with Gasteiger partial charge in [0, 0.05) is 27.3 Å². The molecule has 94 valence electrons. The lowest BCUT2D eigenvalue weighted by atomic mass is 10.2. The van der Waals surface area contributed by atoms with Crippen molar-refractivity contribution < 1.29 is 0 Å². The van der Waals surface area contributed by atoms with Gasteiger partial charge >= 0.3 is 0 Å². The summed E-state index contributed by atoms with van der Waals surface area (Å²) in [6.07, 6.45) is 3.94. The van der Waals surface area contributed by atoms with Gasteiger partial charge in [-0.1, -0.05) is 28.1 Å². The number of rotatable bonds is 4. The number of fused-ring (bicyclic) bond motifs is 1. The minimum Gasteiger partial charge on any atom is -0.308 e. The maximum atomic E-state index is 3.52. The predicted molar refractivity (Wildman–Crippen MR) is 81.0 cm³/mol. The molecule has 1 aromatic carbocycles. The van der Waals surface area contributed by atoms with Crippen molar-refractivity contribution in [3.63, 3.8) is 0 Å². The predicted octanol–water partition coefficient (Wildman–Crippen LogP) is 4.29. The first-order chi connectivity index (χ1) is 8.81. The number of benzene rings is 1. The summed E-state index contributed by atoms with van der Waals surface area (Å²) in [4.78, 5) is 3.10. The Morgan fingerprint density at radius 2 is 2.11 bits per heavy atom. The summed E-state index contributed by atoms with van der Waals surface area (Å²) >= 11 is 5.49. The van der Waals surface area contributed by atoms with Gasteiger partial charge in [0.05, 0.1) is 0 Å². The Morgan fingerprint density at radius 3 is 2.94 bits per heavy atom. The van der Waals surface area contributed by atoms with E-state index in [4.69, 9.17) is 0 Å². The van der Waals surface area contributed by atoms with Gasteiger partial charge in [-0.25, -0.2) is 0 Å². The second-order valence-electron chi connectivity index (χ2n) is 4.75. The summed E-state index contributed by atoms with van der Waals surface area (Å²) in [5.74, 6) is 0. The Hall–Kier alpha value is -0.640. The smallest absolute Gasteiger partial charge is 0.0303 e. The molecule has 0 fully saturated rings. The molecule has 3 rings (SSSR count). The van der Waals surface area contributed by atoms with Crippen LogP contribution < -0.4 is 5.32 Å². The first kappa shape index (κ1) is 12.4. The summed E-state index contributed by atoms with van der Waals surface area (Å²) in [6, 6.07) is 10.9. The van der Waals surface area contributed by atoms with Crippen LogP contribution in [-0.2, 0) is 25.9 Å². The Kier molecular flexibility index (Phi) is 3.83. The molecule has 1 aliphatic rings. The number of hydrogen-bond acceptors (Lipinski definition) is 2. The van der Waals surface area contributed by atoms with Crippen LogP contribution in [0.4, 0.5) is 0 Å². The van der Waals surface area contributed by atoms with Gasteiger partial charge in [-0.05, 0) is 48.6 Å². The number of hydrogen-bond donors (Lipinski definition) is 1. The summed E-state index contributed by atoms with van der Waals surface area (Å²) < 4.78 is 1.15. The highest BCUT2D eigenvalue weighted by atomic mass is 79.9. The van der Waals surface area contributed by atoms with Crippen LogP contribution >= 0.6 is 27.3 Å². The van der Waals surface area contributed by atoms with Crippen molar-refractivity contribution in [3.8, 4) is 0 Å². The molecule has 0 aliphatic heterocycles. The quantitative estimate of drug-likeness (QED) is 0.885. The lowest BCUT2D eigenvalue weighted by Crippen LogP contribution is -2.11. The molecule has 0 amide bonds. The largest absolute Gasteiger partial charge is 0.308 e. The zero-order valence-corrected chi connectivity index (χ0v) is 12.6. The number of nitrogens with one attached hydrogen (secondary N) is 1. The molecule has 1 nitrogen and oxygen atoms in total. The van der Waals surface area contributed by atoms with E-state index < -0.39 is 0 Å². The van der Waals surface area contributed by atoms with Crippen LogP contribution in [0.25, 0.3) is 0 Å². The van der Waals surface area contributed by atoms with Gasteiger partial charge in [-0.3, -0.25) is 0 Å². The molecule has 0 saturated carbocycles. The standard InChI is InChI=1S/C15H16BrNS/c16-13-5-1-3-11(7-13)9-17-10-14-8-12-4-2-6-15(12)18-14/h1,3,5,7-8,17H,2,4,6,9-10H2. The molecule has 0 saturated heterocycles. The van der Waals surface area contributed by atoms with Crippen molar-refractivity contribution >= 4 is 27.3 Å².